The van der Waals surface area contributed by atoms with Gasteiger partial charge in [0.25, 0.3) is 0 Å². The molecule has 2 heterocycles. The summed E-state index contributed by atoms with van der Waals surface area (Å²) >= 11 is 1.10. The van der Waals surface area contributed by atoms with Gasteiger partial charge in [-0.05, 0) is 24.1 Å². The van der Waals surface area contributed by atoms with Crippen molar-refractivity contribution >= 4 is 29.1 Å². The number of aromatic nitrogens is 2. The number of aryl methyl sites for hydroxylation is 1. The van der Waals surface area contributed by atoms with Gasteiger partial charge in [0, 0.05) is 17.7 Å². The molecule has 1 aliphatic heterocycles. The summed E-state index contributed by atoms with van der Waals surface area (Å²) in [6, 6.07) is 5.81. The number of fused-ring (bicyclic) bond motifs is 1. The van der Waals surface area contributed by atoms with Gasteiger partial charge >= 0.3 is 0 Å². The first-order valence-electron chi connectivity index (χ1n) is 5.25. The molecule has 0 bridgehead atoms. The van der Waals surface area contributed by atoms with Crippen LogP contribution in [0.25, 0.3) is 11.3 Å². The molecule has 2 aromatic rings. The molecule has 1 aliphatic rings. The number of amides is 1. The van der Waals surface area contributed by atoms with E-state index in [0.717, 1.165) is 40.7 Å². The van der Waals surface area contributed by atoms with E-state index in [1.165, 1.54) is 0 Å². The van der Waals surface area contributed by atoms with Crippen molar-refractivity contribution in [2.24, 2.45) is 0 Å². The number of hydrogen-bond donors (Lipinski definition) is 2. The molecule has 0 saturated carbocycles. The molecular formula is C11H10N4OS. The maximum atomic E-state index is 11.2. The quantitative estimate of drug-likeness (QED) is 0.802. The summed E-state index contributed by atoms with van der Waals surface area (Å²) in [5, 5.41) is 2.84. The zero-order valence-electron chi connectivity index (χ0n) is 8.93. The highest BCUT2D eigenvalue weighted by atomic mass is 32.1. The molecule has 86 valence electrons. The minimum absolute atomic E-state index is 0.0695. The van der Waals surface area contributed by atoms with Crippen LogP contribution in [-0.4, -0.2) is 14.7 Å². The zero-order valence-corrected chi connectivity index (χ0v) is 9.75. The Morgan fingerprint density at radius 3 is 2.94 bits per heavy atom. The Labute approximate surface area is 102 Å². The summed E-state index contributed by atoms with van der Waals surface area (Å²) in [6.45, 7) is 0. The van der Waals surface area contributed by atoms with E-state index >= 15 is 0 Å². The second kappa shape index (κ2) is 3.81. The lowest BCUT2D eigenvalue weighted by Gasteiger charge is -2.17. The molecule has 0 radical (unpaired) electrons. The monoisotopic (exact) mass is 246 g/mol. The van der Waals surface area contributed by atoms with Crippen LogP contribution in [-0.2, 0) is 11.2 Å². The Kier molecular flexibility index (Phi) is 2.29. The van der Waals surface area contributed by atoms with E-state index in [4.69, 9.17) is 5.73 Å². The van der Waals surface area contributed by atoms with Crippen LogP contribution in [0.5, 0.6) is 0 Å². The van der Waals surface area contributed by atoms with Crippen molar-refractivity contribution < 1.29 is 4.79 Å². The molecule has 0 spiro atoms. The number of nitrogens with zero attached hydrogens (tertiary/aromatic N) is 2. The Bertz CT molecular complexity index is 593. The third kappa shape index (κ3) is 1.76. The van der Waals surface area contributed by atoms with Crippen LogP contribution in [0.15, 0.2) is 18.2 Å². The molecule has 0 atom stereocenters. The fourth-order valence-electron chi connectivity index (χ4n) is 1.93. The normalized spacial score (nSPS) is 14.2. The van der Waals surface area contributed by atoms with Crippen LogP contribution in [0, 0.1) is 0 Å². The zero-order chi connectivity index (χ0) is 11.8. The number of rotatable bonds is 1. The predicted molar refractivity (Wildman–Crippen MR) is 66.7 cm³/mol. The molecule has 0 saturated heterocycles. The smallest absolute Gasteiger partial charge is 0.224 e. The third-order valence-electron chi connectivity index (χ3n) is 2.79. The van der Waals surface area contributed by atoms with E-state index < -0.39 is 0 Å². The molecule has 1 aromatic carbocycles. The largest absolute Gasteiger partial charge is 0.381 e. The number of carbonyl (C=O) groups excluding carboxylic acids is 1. The number of hydrogen-bond acceptors (Lipinski definition) is 5. The molecule has 0 fully saturated rings. The van der Waals surface area contributed by atoms with Gasteiger partial charge in [-0.2, -0.15) is 8.75 Å². The van der Waals surface area contributed by atoms with Gasteiger partial charge in [-0.1, -0.05) is 6.07 Å². The number of nitrogens with two attached hydrogens (primary N) is 1. The molecular weight excluding hydrogens is 236 g/mol. The SMILES string of the molecule is Nc1nsnc1-c1ccc2c(c1)CCC(=O)N2. The first-order valence-corrected chi connectivity index (χ1v) is 5.98. The van der Waals surface area contributed by atoms with Gasteiger partial charge in [-0.25, -0.2) is 0 Å². The standard InChI is InChI=1S/C11H10N4OS/c12-11-10(14-17-15-11)7-1-3-8-6(5-7)2-4-9(16)13-8/h1,3,5H,2,4H2,(H2,12,15)(H,13,16). The van der Waals surface area contributed by atoms with Gasteiger partial charge in [0.05, 0.1) is 11.7 Å². The molecule has 5 nitrogen and oxygen atoms in total. The van der Waals surface area contributed by atoms with E-state index in [1.807, 2.05) is 18.2 Å². The molecule has 6 heteroatoms. The van der Waals surface area contributed by atoms with E-state index in [2.05, 4.69) is 14.1 Å². The molecule has 0 aliphatic carbocycles. The third-order valence-corrected chi connectivity index (χ3v) is 3.33. The molecule has 1 amide bonds. The minimum Gasteiger partial charge on any atom is -0.381 e. The second-order valence-electron chi connectivity index (χ2n) is 3.92. The Hall–Kier alpha value is -1.95. The molecule has 1 aromatic heterocycles. The lowest BCUT2D eigenvalue weighted by atomic mass is 9.99. The summed E-state index contributed by atoms with van der Waals surface area (Å²) in [6.07, 6.45) is 1.29. The predicted octanol–water partition coefficient (Wildman–Crippen LogP) is 1.67. The van der Waals surface area contributed by atoms with Crippen LogP contribution in [0.1, 0.15) is 12.0 Å². The average molecular weight is 246 g/mol. The van der Waals surface area contributed by atoms with E-state index in [9.17, 15) is 4.79 Å². The van der Waals surface area contributed by atoms with Crippen molar-refractivity contribution in [3.8, 4) is 11.3 Å². The van der Waals surface area contributed by atoms with Crippen molar-refractivity contribution in [2.45, 2.75) is 12.8 Å². The second-order valence-corrected chi connectivity index (χ2v) is 4.45. The highest BCUT2D eigenvalue weighted by molar-refractivity contribution is 6.99. The fourth-order valence-corrected chi connectivity index (χ4v) is 2.42. The summed E-state index contributed by atoms with van der Waals surface area (Å²) in [4.78, 5) is 11.2. The number of nitrogen functional groups attached to an aromatic ring is 1. The number of carbonyl (C=O) groups is 1. The Morgan fingerprint density at radius 2 is 2.18 bits per heavy atom. The van der Waals surface area contributed by atoms with Crippen molar-refractivity contribution in [1.29, 1.82) is 0 Å². The van der Waals surface area contributed by atoms with Crippen LogP contribution in [0.3, 0.4) is 0 Å². The summed E-state index contributed by atoms with van der Waals surface area (Å²) < 4.78 is 8.12. The summed E-state index contributed by atoms with van der Waals surface area (Å²) in [5.74, 6) is 0.523. The van der Waals surface area contributed by atoms with Gasteiger partial charge in [-0.15, -0.1) is 0 Å². The highest BCUT2D eigenvalue weighted by Gasteiger charge is 2.16. The van der Waals surface area contributed by atoms with E-state index in [1.54, 1.807) is 0 Å². The van der Waals surface area contributed by atoms with E-state index in [0.29, 0.717) is 12.2 Å². The highest BCUT2D eigenvalue weighted by Crippen LogP contribution is 2.30. The first kappa shape index (κ1) is 10.2. The average Bonchev–Trinajstić information content (AvgIpc) is 2.75. The van der Waals surface area contributed by atoms with Gasteiger partial charge in [0.15, 0.2) is 5.82 Å². The number of nitrogens with one attached hydrogen (secondary N) is 1. The van der Waals surface area contributed by atoms with Crippen molar-refractivity contribution in [2.75, 3.05) is 11.1 Å². The summed E-state index contributed by atoms with van der Waals surface area (Å²) in [7, 11) is 0. The van der Waals surface area contributed by atoms with Gasteiger partial charge in [-0.3, -0.25) is 4.79 Å². The molecule has 17 heavy (non-hydrogen) atoms. The topological polar surface area (TPSA) is 80.9 Å². The van der Waals surface area contributed by atoms with Crippen LogP contribution in [0.2, 0.25) is 0 Å². The number of anilines is 2. The lowest BCUT2D eigenvalue weighted by molar-refractivity contribution is -0.116. The molecule has 0 unspecified atom stereocenters. The van der Waals surface area contributed by atoms with Crippen molar-refractivity contribution in [1.82, 2.24) is 8.75 Å². The van der Waals surface area contributed by atoms with Gasteiger partial charge in [0.2, 0.25) is 5.91 Å². The van der Waals surface area contributed by atoms with Gasteiger partial charge in [0.1, 0.15) is 5.69 Å². The van der Waals surface area contributed by atoms with Gasteiger partial charge < -0.3 is 11.1 Å². The molecule has 3 rings (SSSR count). The van der Waals surface area contributed by atoms with E-state index in [-0.39, 0.29) is 5.91 Å². The lowest BCUT2D eigenvalue weighted by Crippen LogP contribution is -2.18. The van der Waals surface area contributed by atoms with Crippen molar-refractivity contribution in [3.05, 3.63) is 23.8 Å². The Balaban J connectivity index is 2.05. The summed E-state index contributed by atoms with van der Waals surface area (Å²) in [5.41, 5.74) is 9.41. The Morgan fingerprint density at radius 1 is 1.29 bits per heavy atom. The fraction of sp³-hybridized carbons (Fsp3) is 0.182. The maximum Gasteiger partial charge on any atom is 0.224 e. The van der Waals surface area contributed by atoms with Crippen molar-refractivity contribution in [3.63, 3.8) is 0 Å². The van der Waals surface area contributed by atoms with Crippen LogP contribution >= 0.6 is 11.7 Å². The first-order chi connectivity index (χ1) is 8.24. The van der Waals surface area contributed by atoms with Crippen LogP contribution < -0.4 is 11.1 Å². The molecule has 3 N–H and O–H groups in total. The minimum atomic E-state index is 0.0695. The van der Waals surface area contributed by atoms with Crippen LogP contribution in [0.4, 0.5) is 11.5 Å². The number of benzene rings is 1. The maximum absolute atomic E-state index is 11.2.